The topological polar surface area (TPSA) is 70.5 Å². The molecule has 5 rings (SSSR count). The number of anilines is 2. The van der Waals surface area contributed by atoms with Crippen LogP contribution in [0.15, 0.2) is 53.7 Å². The first-order chi connectivity index (χ1) is 16.2. The molecule has 0 atom stereocenters. The van der Waals surface area contributed by atoms with Gasteiger partial charge in [0.25, 0.3) is 0 Å². The highest BCUT2D eigenvalue weighted by Crippen LogP contribution is 2.26. The fourth-order valence-electron chi connectivity index (χ4n) is 4.58. The summed E-state index contributed by atoms with van der Waals surface area (Å²) in [6.07, 6.45) is 4.61. The summed E-state index contributed by atoms with van der Waals surface area (Å²) in [6.45, 7) is 4.11. The molecular formula is C25H29N5O2S. The van der Waals surface area contributed by atoms with Crippen molar-refractivity contribution in [1.82, 2.24) is 14.5 Å². The fraction of sp³-hybridized carbons (Fsp3) is 0.400. The van der Waals surface area contributed by atoms with Gasteiger partial charge in [-0.3, -0.25) is 9.59 Å². The van der Waals surface area contributed by atoms with Gasteiger partial charge < -0.3 is 19.7 Å². The molecule has 3 heterocycles. The smallest absolute Gasteiger partial charge is 0.242 e. The lowest BCUT2D eigenvalue weighted by Crippen LogP contribution is -2.31. The van der Waals surface area contributed by atoms with Crippen molar-refractivity contribution in [3.63, 3.8) is 0 Å². The Labute approximate surface area is 198 Å². The average Bonchev–Trinajstić information content (AvgIpc) is 3.60. The summed E-state index contributed by atoms with van der Waals surface area (Å²) < 4.78 is 1.94. The lowest BCUT2D eigenvalue weighted by Gasteiger charge is -2.18. The third kappa shape index (κ3) is 5.00. The molecule has 7 nitrogen and oxygen atoms in total. The van der Waals surface area contributed by atoms with Gasteiger partial charge in [-0.1, -0.05) is 23.9 Å². The van der Waals surface area contributed by atoms with Crippen LogP contribution in [0.4, 0.5) is 11.4 Å². The summed E-state index contributed by atoms with van der Waals surface area (Å²) in [5, 5.41) is 3.68. The molecule has 2 amide bonds. The van der Waals surface area contributed by atoms with Crippen LogP contribution in [0, 0.1) is 0 Å². The Morgan fingerprint density at radius 3 is 2.36 bits per heavy atom. The highest BCUT2D eigenvalue weighted by Gasteiger charge is 2.21. The van der Waals surface area contributed by atoms with Crippen LogP contribution >= 0.6 is 11.8 Å². The van der Waals surface area contributed by atoms with Gasteiger partial charge in [0.15, 0.2) is 5.16 Å². The van der Waals surface area contributed by atoms with Crippen LogP contribution in [-0.2, 0) is 16.1 Å². The number of benzene rings is 2. The van der Waals surface area contributed by atoms with Gasteiger partial charge in [-0.2, -0.15) is 0 Å². The first-order valence-electron chi connectivity index (χ1n) is 11.7. The van der Waals surface area contributed by atoms with E-state index in [1.165, 1.54) is 30.3 Å². The number of imidazole rings is 1. The van der Waals surface area contributed by atoms with E-state index >= 15 is 0 Å². The molecule has 2 fully saturated rings. The number of nitrogens with zero attached hydrogens (tertiary/aromatic N) is 4. The van der Waals surface area contributed by atoms with Gasteiger partial charge in [0.05, 0.1) is 16.8 Å². The molecule has 33 heavy (non-hydrogen) atoms. The normalized spacial score (nSPS) is 16.0. The van der Waals surface area contributed by atoms with Gasteiger partial charge in [0.1, 0.15) is 6.54 Å². The van der Waals surface area contributed by atoms with Crippen molar-refractivity contribution >= 4 is 46.0 Å². The number of fused-ring (bicyclic) bond motifs is 1. The molecule has 2 saturated heterocycles. The number of nitrogens with one attached hydrogen (secondary N) is 1. The molecule has 1 N–H and O–H groups in total. The largest absolute Gasteiger partial charge is 0.372 e. The maximum absolute atomic E-state index is 12.8. The van der Waals surface area contributed by atoms with Crippen molar-refractivity contribution in [2.24, 2.45) is 0 Å². The van der Waals surface area contributed by atoms with Gasteiger partial charge in [0.2, 0.25) is 11.8 Å². The Bertz CT molecular complexity index is 1130. The molecule has 0 spiro atoms. The Kier molecular flexibility index (Phi) is 6.53. The molecule has 0 aliphatic carbocycles. The zero-order valence-corrected chi connectivity index (χ0v) is 19.5. The van der Waals surface area contributed by atoms with Crippen molar-refractivity contribution in [3.8, 4) is 0 Å². The SMILES string of the molecule is O=C(CSc1nc2ccccc2n1CC(=O)N1CCCC1)Nc1ccc(N2CCCC2)cc1. The van der Waals surface area contributed by atoms with E-state index in [1.807, 2.05) is 45.9 Å². The second-order valence-corrected chi connectivity index (χ2v) is 9.58. The Hall–Kier alpha value is -3.00. The maximum Gasteiger partial charge on any atom is 0.242 e. The third-order valence-electron chi connectivity index (χ3n) is 6.33. The molecule has 1 aromatic heterocycles. The summed E-state index contributed by atoms with van der Waals surface area (Å²) >= 11 is 1.37. The second-order valence-electron chi connectivity index (χ2n) is 8.64. The van der Waals surface area contributed by atoms with Gasteiger partial charge in [-0.05, 0) is 62.1 Å². The summed E-state index contributed by atoms with van der Waals surface area (Å²) in [5.41, 5.74) is 3.76. The highest BCUT2D eigenvalue weighted by atomic mass is 32.2. The fourth-order valence-corrected chi connectivity index (χ4v) is 5.39. The van der Waals surface area contributed by atoms with Crippen molar-refractivity contribution < 1.29 is 9.59 Å². The molecule has 0 unspecified atom stereocenters. The molecule has 0 saturated carbocycles. The molecule has 2 aliphatic rings. The number of rotatable bonds is 7. The van der Waals surface area contributed by atoms with Gasteiger partial charge in [-0.15, -0.1) is 0 Å². The molecular weight excluding hydrogens is 434 g/mol. The van der Waals surface area contributed by atoms with Crippen LogP contribution in [0.3, 0.4) is 0 Å². The lowest BCUT2D eigenvalue weighted by atomic mass is 10.2. The summed E-state index contributed by atoms with van der Waals surface area (Å²) in [6, 6.07) is 15.9. The first kappa shape index (κ1) is 21.8. The molecule has 172 valence electrons. The van der Waals surface area contributed by atoms with Crippen LogP contribution in [0.1, 0.15) is 25.7 Å². The second kappa shape index (κ2) is 9.87. The number of para-hydroxylation sites is 2. The third-order valence-corrected chi connectivity index (χ3v) is 7.30. The van der Waals surface area contributed by atoms with Crippen LogP contribution < -0.4 is 10.2 Å². The average molecular weight is 464 g/mol. The van der Waals surface area contributed by atoms with Gasteiger partial charge in [0, 0.05) is 37.6 Å². The van der Waals surface area contributed by atoms with Crippen molar-refractivity contribution in [2.45, 2.75) is 37.4 Å². The van der Waals surface area contributed by atoms with Crippen molar-refractivity contribution in [2.75, 3.05) is 42.1 Å². The van der Waals surface area contributed by atoms with E-state index in [0.717, 1.165) is 55.7 Å². The van der Waals surface area contributed by atoms with E-state index in [1.54, 1.807) is 0 Å². The predicted octanol–water partition coefficient (Wildman–Crippen LogP) is 3.99. The predicted molar refractivity (Wildman–Crippen MR) is 133 cm³/mol. The minimum Gasteiger partial charge on any atom is -0.372 e. The Morgan fingerprint density at radius 2 is 1.61 bits per heavy atom. The quantitative estimate of drug-likeness (QED) is 0.537. The maximum atomic E-state index is 12.8. The zero-order chi connectivity index (χ0) is 22.6. The van der Waals surface area contributed by atoms with Gasteiger partial charge >= 0.3 is 0 Å². The van der Waals surface area contributed by atoms with E-state index in [0.29, 0.717) is 5.16 Å². The van der Waals surface area contributed by atoms with E-state index < -0.39 is 0 Å². The van der Waals surface area contributed by atoms with Crippen molar-refractivity contribution in [3.05, 3.63) is 48.5 Å². The summed E-state index contributed by atoms with van der Waals surface area (Å²) in [4.78, 5) is 34.4. The number of carbonyl (C=O) groups is 2. The number of hydrogen-bond acceptors (Lipinski definition) is 5. The number of hydrogen-bond donors (Lipinski definition) is 1. The van der Waals surface area contributed by atoms with Crippen molar-refractivity contribution in [1.29, 1.82) is 0 Å². The van der Waals surface area contributed by atoms with Gasteiger partial charge in [-0.25, -0.2) is 4.98 Å². The molecule has 3 aromatic rings. The standard InChI is InChI=1S/C25H29N5O2S/c31-23(26-19-9-11-20(12-10-19)28-13-3-4-14-28)18-33-25-27-21-7-1-2-8-22(21)30(25)17-24(32)29-15-5-6-16-29/h1-2,7-12H,3-6,13-18H2,(H,26,31). The van der Waals surface area contributed by atoms with Crippen LogP contribution in [0.5, 0.6) is 0 Å². The molecule has 0 radical (unpaired) electrons. The van der Waals surface area contributed by atoms with Crippen LogP contribution in [0.2, 0.25) is 0 Å². The van der Waals surface area contributed by atoms with Crippen LogP contribution in [0.25, 0.3) is 11.0 Å². The van der Waals surface area contributed by atoms with E-state index in [-0.39, 0.29) is 24.1 Å². The Morgan fingerprint density at radius 1 is 0.909 bits per heavy atom. The minimum atomic E-state index is -0.0848. The minimum absolute atomic E-state index is 0.0848. The van der Waals surface area contributed by atoms with E-state index in [4.69, 9.17) is 4.98 Å². The number of thioether (sulfide) groups is 1. The Balaban J connectivity index is 1.24. The molecule has 0 bridgehead atoms. The molecule has 8 heteroatoms. The monoisotopic (exact) mass is 463 g/mol. The first-order valence-corrected chi connectivity index (χ1v) is 12.7. The number of aromatic nitrogens is 2. The summed E-state index contributed by atoms with van der Waals surface area (Å²) in [5.74, 6) is 0.258. The van der Waals surface area contributed by atoms with E-state index in [9.17, 15) is 9.59 Å². The molecule has 2 aromatic carbocycles. The zero-order valence-electron chi connectivity index (χ0n) is 18.7. The highest BCUT2D eigenvalue weighted by molar-refractivity contribution is 7.99. The van der Waals surface area contributed by atoms with E-state index in [2.05, 4.69) is 22.3 Å². The van der Waals surface area contributed by atoms with Crippen LogP contribution in [-0.4, -0.2) is 58.2 Å². The number of likely N-dealkylation sites (tertiary alicyclic amines) is 1. The summed E-state index contributed by atoms with van der Waals surface area (Å²) in [7, 11) is 0. The lowest BCUT2D eigenvalue weighted by molar-refractivity contribution is -0.130. The molecule has 2 aliphatic heterocycles. The number of amides is 2. The number of carbonyl (C=O) groups excluding carboxylic acids is 2.